The third-order valence-electron chi connectivity index (χ3n) is 2.16. The van der Waals surface area contributed by atoms with E-state index in [0.29, 0.717) is 17.8 Å². The minimum Gasteiger partial charge on any atom is -0.478 e. The molecule has 0 amide bonds. The molecule has 0 radical (unpaired) electrons. The van der Waals surface area contributed by atoms with Crippen LogP contribution in [0.2, 0.25) is 0 Å². The van der Waals surface area contributed by atoms with Crippen LogP contribution in [0.25, 0.3) is 0 Å². The fourth-order valence-corrected chi connectivity index (χ4v) is 1.46. The molecule has 0 atom stereocenters. The summed E-state index contributed by atoms with van der Waals surface area (Å²) < 4.78 is 0. The Morgan fingerprint density at radius 2 is 2.20 bits per heavy atom. The predicted octanol–water partition coefficient (Wildman–Crippen LogP) is 1.75. The summed E-state index contributed by atoms with van der Waals surface area (Å²) in [5.74, 6) is -0.915. The first-order valence-electron chi connectivity index (χ1n) is 4.56. The van der Waals surface area contributed by atoms with Gasteiger partial charge in [-0.2, -0.15) is 0 Å². The van der Waals surface area contributed by atoms with E-state index in [1.807, 2.05) is 11.0 Å². The number of carboxylic acid groups (broad SMARTS) is 1. The molecule has 15 heavy (non-hydrogen) atoms. The van der Waals surface area contributed by atoms with Gasteiger partial charge in [0.1, 0.15) is 0 Å². The Bertz CT molecular complexity index is 438. The van der Waals surface area contributed by atoms with Gasteiger partial charge in [0.25, 0.3) is 0 Å². The van der Waals surface area contributed by atoms with E-state index in [4.69, 9.17) is 5.11 Å². The van der Waals surface area contributed by atoms with Gasteiger partial charge in [-0.25, -0.2) is 4.79 Å². The number of anilines is 1. The first kappa shape index (κ1) is 9.45. The van der Waals surface area contributed by atoms with Crippen LogP contribution in [0.15, 0.2) is 41.7 Å². The van der Waals surface area contributed by atoms with Gasteiger partial charge in [0.2, 0.25) is 0 Å². The lowest BCUT2D eigenvalue weighted by atomic mass is 10.1. The Morgan fingerprint density at radius 1 is 1.40 bits per heavy atom. The van der Waals surface area contributed by atoms with Gasteiger partial charge in [-0.1, -0.05) is 12.1 Å². The van der Waals surface area contributed by atoms with E-state index in [9.17, 15) is 4.79 Å². The van der Waals surface area contributed by atoms with Crippen molar-refractivity contribution in [3.63, 3.8) is 0 Å². The third kappa shape index (κ3) is 1.88. The highest BCUT2D eigenvalue weighted by Crippen LogP contribution is 2.21. The van der Waals surface area contributed by atoms with Crippen LogP contribution in [0.3, 0.4) is 0 Å². The maximum absolute atomic E-state index is 11.0. The van der Waals surface area contributed by atoms with Gasteiger partial charge in [0, 0.05) is 18.6 Å². The van der Waals surface area contributed by atoms with Crippen LogP contribution in [0.4, 0.5) is 5.69 Å². The van der Waals surface area contributed by atoms with Crippen molar-refractivity contribution in [3.05, 3.63) is 42.2 Å². The van der Waals surface area contributed by atoms with Crippen LogP contribution in [-0.2, 0) is 0 Å². The van der Waals surface area contributed by atoms with Gasteiger partial charge < -0.3 is 10.0 Å². The Morgan fingerprint density at radius 3 is 2.87 bits per heavy atom. The number of hydrogen-bond acceptors (Lipinski definition) is 3. The van der Waals surface area contributed by atoms with Crippen LogP contribution < -0.4 is 4.90 Å². The number of hydrogen-bond donors (Lipinski definition) is 1. The molecule has 1 aromatic carbocycles. The highest BCUT2D eigenvalue weighted by atomic mass is 16.4. The molecule has 2 rings (SSSR count). The summed E-state index contributed by atoms with van der Waals surface area (Å²) in [5.41, 5.74) is 0.991. The van der Waals surface area contributed by atoms with Gasteiger partial charge >= 0.3 is 5.97 Å². The Kier molecular flexibility index (Phi) is 2.49. The fourth-order valence-electron chi connectivity index (χ4n) is 1.46. The molecular formula is C11H10N2O2. The van der Waals surface area contributed by atoms with Crippen molar-refractivity contribution in [1.29, 1.82) is 0 Å². The van der Waals surface area contributed by atoms with E-state index >= 15 is 0 Å². The van der Waals surface area contributed by atoms with Crippen molar-refractivity contribution in [2.75, 3.05) is 11.4 Å². The van der Waals surface area contributed by atoms with Crippen molar-refractivity contribution in [3.8, 4) is 0 Å². The topological polar surface area (TPSA) is 52.9 Å². The van der Waals surface area contributed by atoms with E-state index in [1.165, 1.54) is 0 Å². The van der Waals surface area contributed by atoms with Gasteiger partial charge in [-0.05, 0) is 12.1 Å². The third-order valence-corrected chi connectivity index (χ3v) is 2.16. The highest BCUT2D eigenvalue weighted by Gasteiger charge is 2.13. The minimum atomic E-state index is -0.915. The van der Waals surface area contributed by atoms with E-state index in [2.05, 4.69) is 4.99 Å². The van der Waals surface area contributed by atoms with Crippen molar-refractivity contribution < 1.29 is 9.90 Å². The van der Waals surface area contributed by atoms with Crippen LogP contribution in [0, 0.1) is 0 Å². The molecule has 1 aliphatic heterocycles. The lowest BCUT2D eigenvalue weighted by molar-refractivity contribution is 0.0697. The van der Waals surface area contributed by atoms with Crippen molar-refractivity contribution in [2.45, 2.75) is 0 Å². The average Bonchev–Trinajstić information content (AvgIpc) is 2.30. The smallest absolute Gasteiger partial charge is 0.337 e. The number of rotatable bonds is 2. The number of para-hydroxylation sites is 1. The first-order valence-corrected chi connectivity index (χ1v) is 4.56. The van der Waals surface area contributed by atoms with Gasteiger partial charge in [0.15, 0.2) is 0 Å². The lowest BCUT2D eigenvalue weighted by Crippen LogP contribution is -2.22. The maximum Gasteiger partial charge on any atom is 0.337 e. The normalized spacial score (nSPS) is 14.3. The zero-order valence-corrected chi connectivity index (χ0v) is 8.00. The van der Waals surface area contributed by atoms with E-state index in [1.54, 1.807) is 36.8 Å². The molecule has 0 bridgehead atoms. The van der Waals surface area contributed by atoms with Crippen molar-refractivity contribution in [1.82, 2.24) is 0 Å². The second kappa shape index (κ2) is 3.96. The standard InChI is InChI=1S/C11H10N2O2/c14-11(15)9-3-1-2-4-10(9)13-7-5-12-6-8-13/h1-7H,8H2,(H,14,15). The fraction of sp³-hybridized carbons (Fsp3) is 0.0909. The van der Waals surface area contributed by atoms with Crippen LogP contribution in [-0.4, -0.2) is 23.8 Å². The van der Waals surface area contributed by atoms with Crippen molar-refractivity contribution in [2.24, 2.45) is 4.99 Å². The molecule has 0 spiro atoms. The van der Waals surface area contributed by atoms with Crippen molar-refractivity contribution >= 4 is 17.9 Å². The predicted molar refractivity (Wildman–Crippen MR) is 58.4 cm³/mol. The molecular weight excluding hydrogens is 192 g/mol. The lowest BCUT2D eigenvalue weighted by Gasteiger charge is -2.21. The molecule has 0 fully saturated rings. The Balaban J connectivity index is 2.39. The summed E-state index contributed by atoms with van der Waals surface area (Å²) in [4.78, 5) is 16.8. The molecule has 0 aliphatic carbocycles. The molecule has 1 heterocycles. The molecule has 1 aromatic rings. The number of carbonyl (C=O) groups is 1. The molecule has 76 valence electrons. The molecule has 0 saturated carbocycles. The number of nitrogens with zero attached hydrogens (tertiary/aromatic N) is 2. The van der Waals surface area contributed by atoms with Gasteiger partial charge in [-0.3, -0.25) is 4.99 Å². The summed E-state index contributed by atoms with van der Waals surface area (Å²) >= 11 is 0. The quantitative estimate of drug-likeness (QED) is 0.794. The summed E-state index contributed by atoms with van der Waals surface area (Å²) in [7, 11) is 0. The molecule has 1 N–H and O–H groups in total. The number of aliphatic imine (C=N–C) groups is 1. The van der Waals surface area contributed by atoms with E-state index in [0.717, 1.165) is 0 Å². The molecule has 0 unspecified atom stereocenters. The average molecular weight is 202 g/mol. The molecule has 0 aromatic heterocycles. The first-order chi connectivity index (χ1) is 7.29. The monoisotopic (exact) mass is 202 g/mol. The second-order valence-electron chi connectivity index (χ2n) is 3.10. The second-order valence-corrected chi connectivity index (χ2v) is 3.10. The SMILES string of the molecule is O=C(O)c1ccccc1N1C=CN=CC1. The van der Waals surface area contributed by atoms with Crippen LogP contribution in [0.1, 0.15) is 10.4 Å². The summed E-state index contributed by atoms with van der Waals surface area (Å²) in [6, 6.07) is 6.92. The highest BCUT2D eigenvalue weighted by molar-refractivity contribution is 5.95. The number of carboxylic acids is 1. The van der Waals surface area contributed by atoms with Gasteiger partial charge in [0.05, 0.1) is 17.8 Å². The minimum absolute atomic E-state index is 0.303. The van der Waals surface area contributed by atoms with E-state index < -0.39 is 5.97 Å². The van der Waals surface area contributed by atoms with Gasteiger partial charge in [-0.15, -0.1) is 0 Å². The summed E-state index contributed by atoms with van der Waals surface area (Å²) in [5, 5.41) is 9.01. The molecule has 4 heteroatoms. The van der Waals surface area contributed by atoms with E-state index in [-0.39, 0.29) is 0 Å². The number of benzene rings is 1. The molecule has 0 saturated heterocycles. The largest absolute Gasteiger partial charge is 0.478 e. The summed E-state index contributed by atoms with van der Waals surface area (Å²) in [6.45, 7) is 0.598. The van der Waals surface area contributed by atoms with Crippen LogP contribution in [0.5, 0.6) is 0 Å². The maximum atomic E-state index is 11.0. The zero-order valence-electron chi connectivity index (χ0n) is 8.00. The number of aromatic carboxylic acids is 1. The summed E-state index contributed by atoms with van der Waals surface area (Å²) in [6.07, 6.45) is 5.14. The Hall–Kier alpha value is -2.10. The molecule has 4 nitrogen and oxygen atoms in total. The zero-order chi connectivity index (χ0) is 10.7. The molecule has 1 aliphatic rings. The Labute approximate surface area is 87.2 Å². The van der Waals surface area contributed by atoms with Crippen LogP contribution >= 0.6 is 0 Å².